The number of rotatable bonds is 2. The summed E-state index contributed by atoms with van der Waals surface area (Å²) < 4.78 is 13.1. The highest BCUT2D eigenvalue weighted by atomic mass is 19.1. The summed E-state index contributed by atoms with van der Waals surface area (Å²) in [5, 5.41) is 3.52. The maximum absolute atomic E-state index is 13.1. The van der Waals surface area contributed by atoms with Crippen molar-refractivity contribution in [3.63, 3.8) is 0 Å². The Morgan fingerprint density at radius 1 is 1.04 bits per heavy atom. The maximum Gasteiger partial charge on any atom is 0.123 e. The van der Waals surface area contributed by atoms with Gasteiger partial charge < -0.3 is 10.2 Å². The molecule has 3 fully saturated rings. The van der Waals surface area contributed by atoms with Gasteiger partial charge in [0.15, 0.2) is 0 Å². The maximum atomic E-state index is 13.1. The smallest absolute Gasteiger partial charge is 0.123 e. The van der Waals surface area contributed by atoms with E-state index in [1.165, 1.54) is 64.0 Å². The number of hydrogen-bond donors (Lipinski definition) is 1. The summed E-state index contributed by atoms with van der Waals surface area (Å²) in [5.74, 6) is -0.145. The molecule has 0 aromatic heterocycles. The van der Waals surface area contributed by atoms with E-state index < -0.39 is 0 Å². The first kappa shape index (κ1) is 15.4. The lowest BCUT2D eigenvalue weighted by Gasteiger charge is -2.47. The van der Waals surface area contributed by atoms with Gasteiger partial charge in [-0.25, -0.2) is 4.39 Å². The average Bonchev–Trinajstić information content (AvgIpc) is 3.06. The molecule has 126 valence electrons. The molecule has 1 unspecified atom stereocenters. The fourth-order valence-electron chi connectivity index (χ4n) is 4.85. The third kappa shape index (κ3) is 3.24. The van der Waals surface area contributed by atoms with Gasteiger partial charge in [0, 0.05) is 31.4 Å². The Bertz CT molecular complexity index is 518. The quantitative estimate of drug-likeness (QED) is 0.905. The molecule has 3 saturated heterocycles. The monoisotopic (exact) mass is 317 g/mol. The zero-order valence-corrected chi connectivity index (χ0v) is 13.9. The van der Waals surface area contributed by atoms with Crippen LogP contribution in [-0.2, 0) is 0 Å². The molecular weight excluding hydrogens is 289 g/mol. The number of nitrogens with one attached hydrogen (secondary N) is 1. The molecular formula is C19H28FN3. The van der Waals surface area contributed by atoms with Gasteiger partial charge in [0.1, 0.15) is 5.82 Å². The van der Waals surface area contributed by atoms with Crippen LogP contribution in [0, 0.1) is 11.2 Å². The summed E-state index contributed by atoms with van der Waals surface area (Å²) in [6.07, 6.45) is 6.70. The van der Waals surface area contributed by atoms with Crippen molar-refractivity contribution in [3.05, 3.63) is 30.1 Å². The first-order valence-corrected chi connectivity index (χ1v) is 9.19. The Hall–Kier alpha value is -1.13. The molecule has 1 spiro atoms. The van der Waals surface area contributed by atoms with E-state index in [0.29, 0.717) is 11.5 Å². The van der Waals surface area contributed by atoms with Crippen molar-refractivity contribution in [2.75, 3.05) is 44.2 Å². The molecule has 1 aromatic carbocycles. The summed E-state index contributed by atoms with van der Waals surface area (Å²) in [7, 11) is 0. The number of nitrogens with zero attached hydrogens (tertiary/aromatic N) is 2. The predicted molar refractivity (Wildman–Crippen MR) is 92.4 cm³/mol. The molecule has 0 bridgehead atoms. The molecule has 3 nitrogen and oxygen atoms in total. The van der Waals surface area contributed by atoms with E-state index >= 15 is 0 Å². The average molecular weight is 317 g/mol. The first-order chi connectivity index (χ1) is 11.2. The van der Waals surface area contributed by atoms with Crippen molar-refractivity contribution in [1.82, 2.24) is 10.2 Å². The fourth-order valence-corrected chi connectivity index (χ4v) is 4.85. The van der Waals surface area contributed by atoms with Crippen molar-refractivity contribution in [1.29, 1.82) is 0 Å². The van der Waals surface area contributed by atoms with Crippen molar-refractivity contribution in [2.24, 2.45) is 5.41 Å². The standard InChI is InChI=1S/C19H28FN3/c20-16-2-4-17(5-3-16)22-13-6-18(14-22)23-12-1-7-19(15-23)8-10-21-11-9-19/h2-5,18,21H,1,6-15H2. The van der Waals surface area contributed by atoms with Crippen molar-refractivity contribution in [3.8, 4) is 0 Å². The van der Waals surface area contributed by atoms with E-state index in [1.54, 1.807) is 12.1 Å². The Kier molecular flexibility index (Phi) is 4.29. The molecule has 3 aliphatic rings. The van der Waals surface area contributed by atoms with Crippen LogP contribution in [0.1, 0.15) is 32.1 Å². The Morgan fingerprint density at radius 3 is 2.61 bits per heavy atom. The molecule has 1 atom stereocenters. The predicted octanol–water partition coefficient (Wildman–Crippen LogP) is 2.87. The van der Waals surface area contributed by atoms with E-state index in [0.717, 1.165) is 13.1 Å². The summed E-state index contributed by atoms with van der Waals surface area (Å²) in [6, 6.07) is 7.66. The van der Waals surface area contributed by atoms with E-state index in [2.05, 4.69) is 15.1 Å². The highest BCUT2D eigenvalue weighted by Crippen LogP contribution is 2.39. The van der Waals surface area contributed by atoms with Crippen LogP contribution in [0.3, 0.4) is 0 Å². The van der Waals surface area contributed by atoms with Gasteiger partial charge in [-0.05, 0) is 81.4 Å². The SMILES string of the molecule is Fc1ccc(N2CCC(N3CCCC4(CCNCC4)C3)C2)cc1. The van der Waals surface area contributed by atoms with E-state index in [4.69, 9.17) is 0 Å². The molecule has 3 heterocycles. The Balaban J connectivity index is 1.40. The number of halogens is 1. The molecule has 3 aliphatic heterocycles. The van der Waals surface area contributed by atoms with Gasteiger partial charge in [-0.1, -0.05) is 0 Å². The third-order valence-electron chi connectivity index (χ3n) is 6.23. The van der Waals surface area contributed by atoms with Gasteiger partial charge in [-0.2, -0.15) is 0 Å². The molecule has 0 radical (unpaired) electrons. The van der Waals surface area contributed by atoms with Gasteiger partial charge in [-0.15, -0.1) is 0 Å². The largest absolute Gasteiger partial charge is 0.370 e. The van der Waals surface area contributed by atoms with Crippen molar-refractivity contribution < 1.29 is 4.39 Å². The number of benzene rings is 1. The van der Waals surface area contributed by atoms with E-state index in [-0.39, 0.29) is 5.82 Å². The highest BCUT2D eigenvalue weighted by molar-refractivity contribution is 5.47. The van der Waals surface area contributed by atoms with Crippen LogP contribution in [-0.4, -0.2) is 50.2 Å². The van der Waals surface area contributed by atoms with Gasteiger partial charge >= 0.3 is 0 Å². The molecule has 0 saturated carbocycles. The first-order valence-electron chi connectivity index (χ1n) is 9.19. The Labute approximate surface area is 138 Å². The zero-order valence-electron chi connectivity index (χ0n) is 13.9. The number of likely N-dealkylation sites (tertiary alicyclic amines) is 1. The van der Waals surface area contributed by atoms with Crippen LogP contribution >= 0.6 is 0 Å². The molecule has 4 rings (SSSR count). The third-order valence-corrected chi connectivity index (χ3v) is 6.23. The van der Waals surface area contributed by atoms with Gasteiger partial charge in [-0.3, -0.25) is 4.90 Å². The molecule has 4 heteroatoms. The van der Waals surface area contributed by atoms with E-state index in [1.807, 2.05) is 12.1 Å². The van der Waals surface area contributed by atoms with E-state index in [9.17, 15) is 4.39 Å². The van der Waals surface area contributed by atoms with Gasteiger partial charge in [0.2, 0.25) is 0 Å². The number of hydrogen-bond acceptors (Lipinski definition) is 3. The molecule has 0 aliphatic carbocycles. The molecule has 0 amide bonds. The Morgan fingerprint density at radius 2 is 1.83 bits per heavy atom. The highest BCUT2D eigenvalue weighted by Gasteiger charge is 2.39. The lowest BCUT2D eigenvalue weighted by atomic mass is 9.72. The molecule has 1 aromatic rings. The lowest BCUT2D eigenvalue weighted by Crippen LogP contribution is -2.52. The lowest BCUT2D eigenvalue weighted by molar-refractivity contribution is 0.0383. The molecule has 23 heavy (non-hydrogen) atoms. The van der Waals surface area contributed by atoms with Crippen LogP contribution in [0.4, 0.5) is 10.1 Å². The zero-order chi connectivity index (χ0) is 15.7. The molecule has 1 N–H and O–H groups in total. The minimum absolute atomic E-state index is 0.145. The summed E-state index contributed by atoms with van der Waals surface area (Å²) in [5.41, 5.74) is 1.75. The van der Waals surface area contributed by atoms with Crippen LogP contribution in [0.25, 0.3) is 0 Å². The second-order valence-electron chi connectivity index (χ2n) is 7.69. The summed E-state index contributed by atoms with van der Waals surface area (Å²) in [4.78, 5) is 5.19. The second kappa shape index (κ2) is 6.40. The number of piperidine rings is 2. The van der Waals surface area contributed by atoms with Crippen LogP contribution in [0.2, 0.25) is 0 Å². The van der Waals surface area contributed by atoms with Crippen LogP contribution in [0.5, 0.6) is 0 Å². The minimum atomic E-state index is -0.145. The number of anilines is 1. The second-order valence-corrected chi connectivity index (χ2v) is 7.69. The van der Waals surface area contributed by atoms with Gasteiger partial charge in [0.05, 0.1) is 0 Å². The minimum Gasteiger partial charge on any atom is -0.370 e. The van der Waals surface area contributed by atoms with Crippen LogP contribution in [0.15, 0.2) is 24.3 Å². The van der Waals surface area contributed by atoms with Crippen molar-refractivity contribution in [2.45, 2.75) is 38.1 Å². The normalized spacial score (nSPS) is 28.4. The fraction of sp³-hybridized carbons (Fsp3) is 0.684. The van der Waals surface area contributed by atoms with Gasteiger partial charge in [0.25, 0.3) is 0 Å². The summed E-state index contributed by atoms with van der Waals surface area (Å²) in [6.45, 7) is 7.13. The van der Waals surface area contributed by atoms with Crippen molar-refractivity contribution >= 4 is 5.69 Å². The topological polar surface area (TPSA) is 18.5 Å². The summed E-state index contributed by atoms with van der Waals surface area (Å²) >= 11 is 0. The van der Waals surface area contributed by atoms with Crippen LogP contribution < -0.4 is 10.2 Å².